The molecule has 0 unspecified atom stereocenters. The van der Waals surface area contributed by atoms with Crippen LogP contribution < -0.4 is 15.4 Å². The van der Waals surface area contributed by atoms with Gasteiger partial charge in [0.05, 0.1) is 4.47 Å². The van der Waals surface area contributed by atoms with Crippen LogP contribution in [0.2, 0.25) is 5.02 Å². The summed E-state index contributed by atoms with van der Waals surface area (Å²) >= 11 is 9.41. The Morgan fingerprint density at radius 1 is 1.23 bits per heavy atom. The summed E-state index contributed by atoms with van der Waals surface area (Å²) < 4.78 is 6.77. The highest BCUT2D eigenvalue weighted by molar-refractivity contribution is 9.10. The fourth-order valence-electron chi connectivity index (χ4n) is 2.32. The van der Waals surface area contributed by atoms with Crippen LogP contribution in [0, 0.1) is 5.92 Å². The minimum Gasteiger partial charge on any atom is -0.456 e. The number of ether oxygens (including phenoxy) is 1. The topological polar surface area (TPSA) is 33.3 Å². The van der Waals surface area contributed by atoms with E-state index in [9.17, 15) is 0 Å². The number of rotatable bonds is 6. The third-order valence-electron chi connectivity index (χ3n) is 3.65. The standard InChI is InChI=1S/C17H18BrClN2O/c18-16-7-14(19)4-5-17(16)22-15-3-1-2-12(6-15)8-20-9-13-10-21-11-13/h1-7,13,20-21H,8-11H2. The summed E-state index contributed by atoms with van der Waals surface area (Å²) in [5, 5.41) is 7.46. The molecule has 2 N–H and O–H groups in total. The Kier molecular flexibility index (Phi) is 5.37. The highest BCUT2D eigenvalue weighted by atomic mass is 79.9. The molecule has 0 atom stereocenters. The van der Waals surface area contributed by atoms with Crippen molar-refractivity contribution >= 4 is 27.5 Å². The summed E-state index contributed by atoms with van der Waals surface area (Å²) in [4.78, 5) is 0. The van der Waals surface area contributed by atoms with Gasteiger partial charge in [0.2, 0.25) is 0 Å². The van der Waals surface area contributed by atoms with Crippen LogP contribution in [0.3, 0.4) is 0 Å². The van der Waals surface area contributed by atoms with Crippen LogP contribution in [0.4, 0.5) is 0 Å². The van der Waals surface area contributed by atoms with E-state index < -0.39 is 0 Å². The lowest BCUT2D eigenvalue weighted by molar-refractivity contribution is 0.331. The summed E-state index contributed by atoms with van der Waals surface area (Å²) in [6.07, 6.45) is 0. The smallest absolute Gasteiger partial charge is 0.141 e. The zero-order valence-corrected chi connectivity index (χ0v) is 14.5. The molecule has 0 amide bonds. The van der Waals surface area contributed by atoms with Gasteiger partial charge in [0.25, 0.3) is 0 Å². The first kappa shape index (κ1) is 15.8. The average molecular weight is 382 g/mol. The van der Waals surface area contributed by atoms with Crippen molar-refractivity contribution in [1.82, 2.24) is 10.6 Å². The van der Waals surface area contributed by atoms with Crippen LogP contribution in [0.1, 0.15) is 5.56 Å². The quantitative estimate of drug-likeness (QED) is 0.786. The second kappa shape index (κ2) is 7.47. The fourth-order valence-corrected chi connectivity index (χ4v) is 3.08. The van der Waals surface area contributed by atoms with Gasteiger partial charge in [0, 0.05) is 31.2 Å². The molecular formula is C17H18BrClN2O. The largest absolute Gasteiger partial charge is 0.456 e. The van der Waals surface area contributed by atoms with Crippen LogP contribution in [-0.4, -0.2) is 19.6 Å². The third kappa shape index (κ3) is 4.23. The molecular weight excluding hydrogens is 364 g/mol. The molecule has 1 aliphatic rings. The van der Waals surface area contributed by atoms with Crippen LogP contribution >= 0.6 is 27.5 Å². The number of benzene rings is 2. The SMILES string of the molecule is Clc1ccc(Oc2cccc(CNCC3CNC3)c2)c(Br)c1. The van der Waals surface area contributed by atoms with E-state index in [1.165, 1.54) is 5.56 Å². The van der Waals surface area contributed by atoms with Crippen molar-refractivity contribution < 1.29 is 4.74 Å². The first-order chi connectivity index (χ1) is 10.7. The van der Waals surface area contributed by atoms with Gasteiger partial charge in [-0.25, -0.2) is 0 Å². The van der Waals surface area contributed by atoms with Gasteiger partial charge in [-0.3, -0.25) is 0 Å². The molecule has 1 fully saturated rings. The second-order valence-corrected chi connectivity index (χ2v) is 6.77. The summed E-state index contributed by atoms with van der Waals surface area (Å²) in [6, 6.07) is 13.7. The van der Waals surface area contributed by atoms with Crippen molar-refractivity contribution in [1.29, 1.82) is 0 Å². The summed E-state index contributed by atoms with van der Waals surface area (Å²) in [5.41, 5.74) is 1.22. The Balaban J connectivity index is 1.60. The van der Waals surface area contributed by atoms with E-state index in [2.05, 4.69) is 38.7 Å². The summed E-state index contributed by atoms with van der Waals surface area (Å²) in [6.45, 7) is 4.16. The van der Waals surface area contributed by atoms with E-state index in [1.807, 2.05) is 30.3 Å². The van der Waals surface area contributed by atoms with E-state index in [-0.39, 0.29) is 0 Å². The second-order valence-electron chi connectivity index (χ2n) is 5.48. The summed E-state index contributed by atoms with van der Waals surface area (Å²) in [7, 11) is 0. The Morgan fingerprint density at radius 3 is 2.82 bits per heavy atom. The molecule has 2 aromatic carbocycles. The Bertz CT molecular complexity index is 646. The number of nitrogens with one attached hydrogen (secondary N) is 2. The predicted molar refractivity (Wildman–Crippen MR) is 93.7 cm³/mol. The monoisotopic (exact) mass is 380 g/mol. The van der Waals surface area contributed by atoms with Crippen LogP contribution in [0.15, 0.2) is 46.9 Å². The zero-order chi connectivity index (χ0) is 15.4. The molecule has 0 bridgehead atoms. The van der Waals surface area contributed by atoms with Crippen LogP contribution in [0.25, 0.3) is 0 Å². The molecule has 116 valence electrons. The van der Waals surface area contributed by atoms with Gasteiger partial charge in [-0.05, 0) is 57.7 Å². The van der Waals surface area contributed by atoms with Gasteiger partial charge in [0.1, 0.15) is 11.5 Å². The maximum absolute atomic E-state index is 5.95. The lowest BCUT2D eigenvalue weighted by Crippen LogP contribution is -2.47. The lowest BCUT2D eigenvalue weighted by atomic mass is 10.0. The van der Waals surface area contributed by atoms with Crippen LogP contribution in [-0.2, 0) is 6.54 Å². The predicted octanol–water partition coefficient (Wildman–Crippen LogP) is 4.20. The van der Waals surface area contributed by atoms with Crippen molar-refractivity contribution in [2.75, 3.05) is 19.6 Å². The van der Waals surface area contributed by atoms with E-state index >= 15 is 0 Å². The highest BCUT2D eigenvalue weighted by Gasteiger charge is 2.15. The number of hydrogen-bond acceptors (Lipinski definition) is 3. The fraction of sp³-hybridized carbons (Fsp3) is 0.294. The molecule has 0 spiro atoms. The molecule has 5 heteroatoms. The Hall–Kier alpha value is -1.07. The Labute approximate surface area is 144 Å². The van der Waals surface area contributed by atoms with Gasteiger partial charge in [-0.1, -0.05) is 23.7 Å². The molecule has 0 aromatic heterocycles. The van der Waals surface area contributed by atoms with Crippen molar-refractivity contribution in [3.05, 3.63) is 57.5 Å². The molecule has 1 aliphatic heterocycles. The first-order valence-corrected chi connectivity index (χ1v) is 8.51. The molecule has 3 rings (SSSR count). The maximum Gasteiger partial charge on any atom is 0.141 e. The molecule has 22 heavy (non-hydrogen) atoms. The highest BCUT2D eigenvalue weighted by Crippen LogP contribution is 2.32. The minimum absolute atomic E-state index is 0.683. The van der Waals surface area contributed by atoms with E-state index in [4.69, 9.17) is 16.3 Å². The molecule has 0 saturated carbocycles. The molecule has 0 aliphatic carbocycles. The normalized spacial score (nSPS) is 14.6. The number of hydrogen-bond donors (Lipinski definition) is 2. The van der Waals surface area contributed by atoms with Crippen molar-refractivity contribution in [3.63, 3.8) is 0 Å². The third-order valence-corrected chi connectivity index (χ3v) is 4.50. The molecule has 1 saturated heterocycles. The molecule has 3 nitrogen and oxygen atoms in total. The van der Waals surface area contributed by atoms with Crippen LogP contribution in [0.5, 0.6) is 11.5 Å². The Morgan fingerprint density at radius 2 is 2.09 bits per heavy atom. The minimum atomic E-state index is 0.683. The molecule has 0 radical (unpaired) electrons. The van der Waals surface area contributed by atoms with Gasteiger partial charge >= 0.3 is 0 Å². The van der Waals surface area contributed by atoms with Gasteiger partial charge in [-0.15, -0.1) is 0 Å². The van der Waals surface area contributed by atoms with E-state index in [0.29, 0.717) is 5.02 Å². The van der Waals surface area contributed by atoms with Crippen molar-refractivity contribution in [2.45, 2.75) is 6.54 Å². The summed E-state index contributed by atoms with van der Waals surface area (Å²) in [5.74, 6) is 2.35. The molecule has 2 aromatic rings. The average Bonchev–Trinajstić information content (AvgIpc) is 2.45. The van der Waals surface area contributed by atoms with Crippen molar-refractivity contribution in [2.24, 2.45) is 5.92 Å². The van der Waals surface area contributed by atoms with Gasteiger partial charge in [0.15, 0.2) is 0 Å². The van der Waals surface area contributed by atoms with E-state index in [1.54, 1.807) is 0 Å². The van der Waals surface area contributed by atoms with Crippen molar-refractivity contribution in [3.8, 4) is 11.5 Å². The zero-order valence-electron chi connectivity index (χ0n) is 12.1. The van der Waals surface area contributed by atoms with Gasteiger partial charge in [-0.2, -0.15) is 0 Å². The van der Waals surface area contributed by atoms with Gasteiger partial charge < -0.3 is 15.4 Å². The van der Waals surface area contributed by atoms with E-state index in [0.717, 1.165) is 48.1 Å². The number of halogens is 2. The molecule has 1 heterocycles. The maximum atomic E-state index is 5.95. The first-order valence-electron chi connectivity index (χ1n) is 7.34. The lowest BCUT2D eigenvalue weighted by Gasteiger charge is -2.27.